The second-order valence-corrected chi connectivity index (χ2v) is 5.90. The van der Waals surface area contributed by atoms with Gasteiger partial charge in [0.25, 0.3) is 0 Å². The van der Waals surface area contributed by atoms with Gasteiger partial charge in [-0.2, -0.15) is 0 Å². The molecule has 0 aromatic rings. The molecule has 6 heteroatoms. The third kappa shape index (κ3) is 3.49. The van der Waals surface area contributed by atoms with Gasteiger partial charge in [0.2, 0.25) is 11.8 Å². The van der Waals surface area contributed by atoms with Gasteiger partial charge >= 0.3 is 0 Å². The molecule has 0 aromatic heterocycles. The summed E-state index contributed by atoms with van der Waals surface area (Å²) >= 11 is 0. The zero-order valence-corrected chi connectivity index (χ0v) is 12.4. The van der Waals surface area contributed by atoms with Crippen LogP contribution in [0.2, 0.25) is 0 Å². The molecular weight excluding hydrogens is 256 g/mol. The summed E-state index contributed by atoms with van der Waals surface area (Å²) in [6.07, 6.45) is 2.82. The van der Waals surface area contributed by atoms with Gasteiger partial charge in [-0.25, -0.2) is 0 Å². The van der Waals surface area contributed by atoms with Crippen molar-refractivity contribution in [2.24, 2.45) is 11.1 Å². The lowest BCUT2D eigenvalue weighted by molar-refractivity contribution is -0.138. The molecule has 1 aliphatic carbocycles. The SMILES string of the molecule is CCCNC(=O)CN1CCN(C(=O)C2(CN)CC2)CC1. The van der Waals surface area contributed by atoms with Gasteiger partial charge in [-0.05, 0) is 19.3 Å². The van der Waals surface area contributed by atoms with Crippen LogP contribution in [-0.4, -0.2) is 67.4 Å². The third-order valence-electron chi connectivity index (χ3n) is 4.30. The first-order valence-corrected chi connectivity index (χ1v) is 7.60. The molecule has 20 heavy (non-hydrogen) atoms. The maximum Gasteiger partial charge on any atom is 0.234 e. The second-order valence-electron chi connectivity index (χ2n) is 5.90. The number of piperazine rings is 1. The molecule has 2 aliphatic rings. The van der Waals surface area contributed by atoms with Crippen molar-refractivity contribution in [1.29, 1.82) is 0 Å². The third-order valence-corrected chi connectivity index (χ3v) is 4.30. The number of nitrogens with one attached hydrogen (secondary N) is 1. The van der Waals surface area contributed by atoms with Gasteiger partial charge in [0, 0.05) is 39.3 Å². The Morgan fingerprint density at radius 1 is 1.20 bits per heavy atom. The van der Waals surface area contributed by atoms with Crippen molar-refractivity contribution in [3.05, 3.63) is 0 Å². The number of hydrogen-bond donors (Lipinski definition) is 2. The predicted octanol–water partition coefficient (Wildman–Crippen LogP) is -0.604. The standard InChI is InChI=1S/C14H26N4O2/c1-2-5-16-12(19)10-17-6-8-18(9-7-17)13(20)14(11-15)3-4-14/h2-11,15H2,1H3,(H,16,19). The Bertz CT molecular complexity index is 360. The molecule has 1 saturated heterocycles. The fraction of sp³-hybridized carbons (Fsp3) is 0.857. The molecule has 1 heterocycles. The lowest BCUT2D eigenvalue weighted by atomic mass is 10.1. The van der Waals surface area contributed by atoms with E-state index in [1.807, 2.05) is 11.8 Å². The van der Waals surface area contributed by atoms with Crippen molar-refractivity contribution in [2.75, 3.05) is 45.8 Å². The van der Waals surface area contributed by atoms with Crippen LogP contribution in [0.25, 0.3) is 0 Å². The molecule has 2 fully saturated rings. The monoisotopic (exact) mass is 282 g/mol. The van der Waals surface area contributed by atoms with Crippen LogP contribution in [0.15, 0.2) is 0 Å². The Balaban J connectivity index is 1.72. The fourth-order valence-electron chi connectivity index (χ4n) is 2.62. The van der Waals surface area contributed by atoms with Crippen molar-refractivity contribution >= 4 is 11.8 Å². The summed E-state index contributed by atoms with van der Waals surface area (Å²) in [5.41, 5.74) is 5.46. The lowest BCUT2D eigenvalue weighted by Gasteiger charge is -2.36. The number of carbonyl (C=O) groups is 2. The van der Waals surface area contributed by atoms with Crippen molar-refractivity contribution in [3.63, 3.8) is 0 Å². The van der Waals surface area contributed by atoms with Crippen LogP contribution < -0.4 is 11.1 Å². The summed E-state index contributed by atoms with van der Waals surface area (Å²) in [5.74, 6) is 0.294. The van der Waals surface area contributed by atoms with E-state index in [9.17, 15) is 9.59 Å². The summed E-state index contributed by atoms with van der Waals surface area (Å²) in [7, 11) is 0. The van der Waals surface area contributed by atoms with Gasteiger partial charge in [-0.3, -0.25) is 14.5 Å². The largest absolute Gasteiger partial charge is 0.355 e. The molecule has 0 atom stereocenters. The van der Waals surface area contributed by atoms with E-state index in [-0.39, 0.29) is 17.2 Å². The molecule has 2 amide bonds. The van der Waals surface area contributed by atoms with E-state index in [1.54, 1.807) is 0 Å². The summed E-state index contributed by atoms with van der Waals surface area (Å²) in [4.78, 5) is 28.0. The summed E-state index contributed by atoms with van der Waals surface area (Å²) in [6, 6.07) is 0. The molecule has 0 spiro atoms. The summed E-state index contributed by atoms with van der Waals surface area (Å²) < 4.78 is 0. The minimum Gasteiger partial charge on any atom is -0.355 e. The van der Waals surface area contributed by atoms with Crippen LogP contribution in [0.5, 0.6) is 0 Å². The van der Waals surface area contributed by atoms with Crippen LogP contribution in [0.4, 0.5) is 0 Å². The maximum atomic E-state index is 12.3. The van der Waals surface area contributed by atoms with Crippen molar-refractivity contribution < 1.29 is 9.59 Å². The van der Waals surface area contributed by atoms with Crippen LogP contribution in [0, 0.1) is 5.41 Å². The van der Waals surface area contributed by atoms with E-state index >= 15 is 0 Å². The zero-order valence-electron chi connectivity index (χ0n) is 12.4. The smallest absolute Gasteiger partial charge is 0.234 e. The Kier molecular flexibility index (Phi) is 4.99. The molecule has 3 N–H and O–H groups in total. The topological polar surface area (TPSA) is 78.7 Å². The van der Waals surface area contributed by atoms with E-state index in [0.717, 1.165) is 38.9 Å². The Labute approximate surface area is 120 Å². The Hall–Kier alpha value is -1.14. The summed E-state index contributed by atoms with van der Waals surface area (Å²) in [5, 5.41) is 2.88. The summed E-state index contributed by atoms with van der Waals surface area (Å²) in [6.45, 7) is 6.63. The van der Waals surface area contributed by atoms with E-state index in [1.165, 1.54) is 0 Å². The number of amides is 2. The first-order valence-electron chi connectivity index (χ1n) is 7.60. The molecule has 0 aromatic carbocycles. The predicted molar refractivity (Wildman–Crippen MR) is 77.0 cm³/mol. The number of nitrogens with zero attached hydrogens (tertiary/aromatic N) is 2. The van der Waals surface area contributed by atoms with Crippen LogP contribution in [0.1, 0.15) is 26.2 Å². The van der Waals surface area contributed by atoms with E-state index in [4.69, 9.17) is 5.73 Å². The first kappa shape index (κ1) is 15.3. The molecular formula is C14H26N4O2. The number of nitrogens with two attached hydrogens (primary N) is 1. The highest BCUT2D eigenvalue weighted by molar-refractivity contribution is 5.85. The van der Waals surface area contributed by atoms with Crippen molar-refractivity contribution in [3.8, 4) is 0 Å². The minimum absolute atomic E-state index is 0.0762. The molecule has 0 radical (unpaired) electrons. The minimum atomic E-state index is -0.249. The number of carbonyl (C=O) groups excluding carboxylic acids is 2. The van der Waals surface area contributed by atoms with Crippen LogP contribution in [0.3, 0.4) is 0 Å². The quantitative estimate of drug-likeness (QED) is 0.681. The van der Waals surface area contributed by atoms with E-state index in [2.05, 4.69) is 10.2 Å². The number of hydrogen-bond acceptors (Lipinski definition) is 4. The van der Waals surface area contributed by atoms with E-state index in [0.29, 0.717) is 26.2 Å². The highest BCUT2D eigenvalue weighted by Crippen LogP contribution is 2.46. The average molecular weight is 282 g/mol. The molecule has 0 bridgehead atoms. The Morgan fingerprint density at radius 3 is 2.35 bits per heavy atom. The van der Waals surface area contributed by atoms with E-state index < -0.39 is 0 Å². The highest BCUT2D eigenvalue weighted by atomic mass is 16.2. The van der Waals surface area contributed by atoms with Gasteiger partial charge in [0.15, 0.2) is 0 Å². The lowest BCUT2D eigenvalue weighted by Crippen LogP contribution is -2.53. The second kappa shape index (κ2) is 6.54. The zero-order chi connectivity index (χ0) is 14.6. The average Bonchev–Trinajstić information content (AvgIpc) is 3.26. The van der Waals surface area contributed by atoms with Crippen molar-refractivity contribution in [1.82, 2.24) is 15.1 Å². The van der Waals surface area contributed by atoms with Gasteiger partial charge < -0.3 is 16.0 Å². The van der Waals surface area contributed by atoms with Gasteiger partial charge in [-0.1, -0.05) is 6.92 Å². The van der Waals surface area contributed by atoms with Crippen molar-refractivity contribution in [2.45, 2.75) is 26.2 Å². The molecule has 0 unspecified atom stereocenters. The molecule has 6 nitrogen and oxygen atoms in total. The first-order chi connectivity index (χ1) is 9.61. The number of rotatable bonds is 6. The fourth-order valence-corrected chi connectivity index (χ4v) is 2.62. The molecule has 1 aliphatic heterocycles. The normalized spacial score (nSPS) is 21.6. The van der Waals surface area contributed by atoms with Gasteiger partial charge in [-0.15, -0.1) is 0 Å². The highest BCUT2D eigenvalue weighted by Gasteiger charge is 2.50. The Morgan fingerprint density at radius 2 is 1.85 bits per heavy atom. The molecule has 1 saturated carbocycles. The van der Waals surface area contributed by atoms with Gasteiger partial charge in [0.05, 0.1) is 12.0 Å². The molecule has 2 rings (SSSR count). The molecule has 114 valence electrons. The maximum absolute atomic E-state index is 12.3. The van der Waals surface area contributed by atoms with Gasteiger partial charge in [0.1, 0.15) is 0 Å². The van der Waals surface area contributed by atoms with Crippen LogP contribution >= 0.6 is 0 Å². The van der Waals surface area contributed by atoms with Crippen LogP contribution in [-0.2, 0) is 9.59 Å².